The number of pyridine rings is 1. The van der Waals surface area contributed by atoms with E-state index in [-0.39, 0.29) is 23.6 Å². The van der Waals surface area contributed by atoms with Crippen molar-refractivity contribution in [2.24, 2.45) is 0 Å². The summed E-state index contributed by atoms with van der Waals surface area (Å²) in [5.41, 5.74) is 2.91. The Morgan fingerprint density at radius 1 is 1.21 bits per heavy atom. The van der Waals surface area contributed by atoms with E-state index in [0.29, 0.717) is 33.6 Å². The highest BCUT2D eigenvalue weighted by molar-refractivity contribution is 7.13. The maximum Gasteiger partial charge on any atom is 0.340 e. The molecular weight excluding hydrogens is 458 g/mol. The van der Waals surface area contributed by atoms with Crippen molar-refractivity contribution in [2.75, 3.05) is 6.61 Å². The Hall–Kier alpha value is -3.79. The van der Waals surface area contributed by atoms with E-state index in [4.69, 9.17) is 14.0 Å². The van der Waals surface area contributed by atoms with Gasteiger partial charge in [0, 0.05) is 5.69 Å². The van der Waals surface area contributed by atoms with Crippen LogP contribution in [0.4, 0.5) is 0 Å². The normalized spacial score (nSPS) is 12.0. The Kier molecular flexibility index (Phi) is 6.34. The van der Waals surface area contributed by atoms with Crippen LogP contribution in [-0.4, -0.2) is 45.6 Å². The summed E-state index contributed by atoms with van der Waals surface area (Å²) in [6, 6.07) is 5.36. The highest BCUT2D eigenvalue weighted by Crippen LogP contribution is 2.30. The summed E-state index contributed by atoms with van der Waals surface area (Å²) >= 11 is 1.47. The molecule has 1 atom stereocenters. The standard InChI is InChI=1S/C24H23N3O6S/c1-6-31-24(30)18-11(2)20(25-12(18)3)21(28)14(5)32-23(29)15-10-16(17-8-7-9-34-17)26-22-19(15)13(4)27-33-22/h7-10,14,25H,6H2,1-5H3/t14-/m0/s1. The smallest absolute Gasteiger partial charge is 0.340 e. The lowest BCUT2D eigenvalue weighted by Gasteiger charge is -2.13. The molecule has 0 amide bonds. The second-order valence-corrected chi connectivity index (χ2v) is 8.69. The molecule has 34 heavy (non-hydrogen) atoms. The number of carbonyl (C=O) groups is 3. The number of rotatable bonds is 7. The van der Waals surface area contributed by atoms with Gasteiger partial charge in [-0.3, -0.25) is 4.79 Å². The molecule has 4 aromatic heterocycles. The molecule has 0 aliphatic rings. The minimum Gasteiger partial charge on any atom is -0.462 e. The molecule has 0 aliphatic carbocycles. The van der Waals surface area contributed by atoms with E-state index in [1.165, 1.54) is 18.3 Å². The number of thiophene rings is 1. The van der Waals surface area contributed by atoms with Gasteiger partial charge in [-0.2, -0.15) is 0 Å². The maximum absolute atomic E-state index is 13.2. The highest BCUT2D eigenvalue weighted by Gasteiger charge is 2.29. The largest absolute Gasteiger partial charge is 0.462 e. The van der Waals surface area contributed by atoms with E-state index in [1.54, 1.807) is 33.8 Å². The van der Waals surface area contributed by atoms with Gasteiger partial charge in [0.1, 0.15) is 0 Å². The van der Waals surface area contributed by atoms with Gasteiger partial charge in [0.15, 0.2) is 6.10 Å². The van der Waals surface area contributed by atoms with Gasteiger partial charge >= 0.3 is 11.9 Å². The van der Waals surface area contributed by atoms with Crippen LogP contribution in [0.3, 0.4) is 0 Å². The minimum absolute atomic E-state index is 0.196. The summed E-state index contributed by atoms with van der Waals surface area (Å²) in [5.74, 6) is -1.68. The van der Waals surface area contributed by atoms with Gasteiger partial charge in [0.05, 0.1) is 45.1 Å². The third-order valence-electron chi connectivity index (χ3n) is 5.43. The highest BCUT2D eigenvalue weighted by atomic mass is 32.1. The molecule has 0 fully saturated rings. The van der Waals surface area contributed by atoms with Crippen LogP contribution >= 0.6 is 11.3 Å². The van der Waals surface area contributed by atoms with Crippen LogP contribution in [0.5, 0.6) is 0 Å². The van der Waals surface area contributed by atoms with Crippen LogP contribution in [0.25, 0.3) is 21.7 Å². The number of ketones is 1. The number of nitrogens with one attached hydrogen (secondary N) is 1. The molecule has 0 saturated carbocycles. The van der Waals surface area contributed by atoms with Crippen LogP contribution in [-0.2, 0) is 9.47 Å². The van der Waals surface area contributed by atoms with Crippen LogP contribution in [0.2, 0.25) is 0 Å². The second kappa shape index (κ2) is 9.22. The Morgan fingerprint density at radius 3 is 2.65 bits per heavy atom. The second-order valence-electron chi connectivity index (χ2n) is 7.74. The van der Waals surface area contributed by atoms with E-state index < -0.39 is 23.8 Å². The molecule has 4 rings (SSSR count). The van der Waals surface area contributed by atoms with Gasteiger partial charge in [0.25, 0.3) is 5.71 Å². The van der Waals surface area contributed by atoms with Crippen LogP contribution in [0.1, 0.15) is 62.0 Å². The molecule has 10 heteroatoms. The lowest BCUT2D eigenvalue weighted by Crippen LogP contribution is -2.25. The lowest BCUT2D eigenvalue weighted by molar-refractivity contribution is 0.0318. The molecule has 0 radical (unpaired) electrons. The van der Waals surface area contributed by atoms with Crippen LogP contribution in [0.15, 0.2) is 28.1 Å². The van der Waals surface area contributed by atoms with E-state index >= 15 is 0 Å². The number of esters is 2. The molecule has 4 aromatic rings. The van der Waals surface area contributed by atoms with Gasteiger partial charge in [-0.25, -0.2) is 14.6 Å². The van der Waals surface area contributed by atoms with Gasteiger partial charge < -0.3 is 19.0 Å². The van der Waals surface area contributed by atoms with Gasteiger partial charge in [-0.1, -0.05) is 11.2 Å². The number of nitrogens with zero attached hydrogens (tertiary/aromatic N) is 2. The molecule has 0 bridgehead atoms. The van der Waals surface area contributed by atoms with E-state index in [0.717, 1.165) is 4.88 Å². The number of ether oxygens (including phenoxy) is 2. The Balaban J connectivity index is 1.64. The third kappa shape index (κ3) is 4.12. The predicted octanol–water partition coefficient (Wildman–Crippen LogP) is 4.81. The third-order valence-corrected chi connectivity index (χ3v) is 6.32. The summed E-state index contributed by atoms with van der Waals surface area (Å²) in [5, 5.41) is 6.25. The first-order valence-electron chi connectivity index (χ1n) is 10.6. The number of carbonyl (C=O) groups excluding carboxylic acids is 3. The first kappa shape index (κ1) is 23.4. The number of aromatic nitrogens is 3. The van der Waals surface area contributed by atoms with Crippen LogP contribution in [0, 0.1) is 20.8 Å². The quantitative estimate of drug-likeness (QED) is 0.295. The SMILES string of the molecule is CCOC(=O)c1c(C)[nH]c(C(=O)[C@H](C)OC(=O)c2cc(-c3cccs3)nc3onc(C)c23)c1C. The molecule has 1 N–H and O–H groups in total. The fourth-order valence-electron chi connectivity index (χ4n) is 3.79. The van der Waals surface area contributed by atoms with Crippen molar-refractivity contribution < 1.29 is 28.4 Å². The Morgan fingerprint density at radius 2 is 1.97 bits per heavy atom. The molecule has 0 aliphatic heterocycles. The Labute approximate surface area is 199 Å². The summed E-state index contributed by atoms with van der Waals surface area (Å²) in [7, 11) is 0. The molecule has 0 aromatic carbocycles. The average Bonchev–Trinajstić information content (AvgIpc) is 3.53. The van der Waals surface area contributed by atoms with Gasteiger partial charge in [0.2, 0.25) is 5.78 Å². The number of H-pyrrole nitrogens is 1. The minimum atomic E-state index is -1.12. The van der Waals surface area contributed by atoms with Crippen molar-refractivity contribution in [1.29, 1.82) is 0 Å². The van der Waals surface area contributed by atoms with Crippen molar-refractivity contribution in [2.45, 2.75) is 40.7 Å². The summed E-state index contributed by atoms with van der Waals surface area (Å²) < 4.78 is 15.9. The lowest BCUT2D eigenvalue weighted by atomic mass is 10.1. The van der Waals surface area contributed by atoms with Crippen LogP contribution < -0.4 is 0 Å². The fourth-order valence-corrected chi connectivity index (χ4v) is 4.48. The molecule has 9 nitrogen and oxygen atoms in total. The number of hydrogen-bond donors (Lipinski definition) is 1. The molecular formula is C24H23N3O6S. The number of aryl methyl sites for hydroxylation is 2. The molecule has 4 heterocycles. The molecule has 0 spiro atoms. The number of Topliss-reactive ketones (excluding diaryl/α,β-unsaturated/α-hetero) is 1. The predicted molar refractivity (Wildman–Crippen MR) is 125 cm³/mol. The summed E-state index contributed by atoms with van der Waals surface area (Å²) in [6.45, 7) is 8.44. The molecule has 0 unspecified atom stereocenters. The van der Waals surface area contributed by atoms with Crippen molar-refractivity contribution in [3.8, 4) is 10.6 Å². The van der Waals surface area contributed by atoms with Crippen molar-refractivity contribution in [1.82, 2.24) is 15.1 Å². The van der Waals surface area contributed by atoms with Gasteiger partial charge in [-0.05, 0) is 57.7 Å². The van der Waals surface area contributed by atoms with Crippen molar-refractivity contribution in [3.05, 3.63) is 57.4 Å². The first-order chi connectivity index (χ1) is 16.2. The molecule has 0 saturated heterocycles. The maximum atomic E-state index is 13.2. The van der Waals surface area contributed by atoms with Gasteiger partial charge in [-0.15, -0.1) is 11.3 Å². The van der Waals surface area contributed by atoms with E-state index in [9.17, 15) is 14.4 Å². The summed E-state index contributed by atoms with van der Waals surface area (Å²) in [6.07, 6.45) is -1.12. The summed E-state index contributed by atoms with van der Waals surface area (Å²) in [4.78, 5) is 46.8. The monoisotopic (exact) mass is 481 g/mol. The number of fused-ring (bicyclic) bond motifs is 1. The molecule has 176 valence electrons. The topological polar surface area (TPSA) is 124 Å². The van der Waals surface area contributed by atoms with Crippen molar-refractivity contribution in [3.63, 3.8) is 0 Å². The van der Waals surface area contributed by atoms with Crippen molar-refractivity contribution >= 4 is 40.2 Å². The van der Waals surface area contributed by atoms with E-state index in [2.05, 4.69) is 15.1 Å². The number of hydrogen-bond acceptors (Lipinski definition) is 9. The average molecular weight is 482 g/mol. The first-order valence-corrected chi connectivity index (χ1v) is 11.5. The number of aromatic amines is 1. The van der Waals surface area contributed by atoms with E-state index in [1.807, 2.05) is 17.5 Å². The zero-order valence-electron chi connectivity index (χ0n) is 19.3. The zero-order valence-corrected chi connectivity index (χ0v) is 20.2. The zero-order chi connectivity index (χ0) is 24.6. The Bertz CT molecular complexity index is 1400. The fraction of sp³-hybridized carbons (Fsp3) is 0.292.